The average molecular weight is 299 g/mol. The minimum Gasteiger partial charge on any atom is -0.409 e. The van der Waals surface area contributed by atoms with Crippen molar-refractivity contribution in [2.75, 3.05) is 26.3 Å². The first-order valence-corrected chi connectivity index (χ1v) is 7.54. The molecule has 2 aliphatic heterocycles. The summed E-state index contributed by atoms with van der Waals surface area (Å²) in [5, 5.41) is 21.8. The van der Waals surface area contributed by atoms with Crippen molar-refractivity contribution in [3.05, 3.63) is 0 Å². The Balaban J connectivity index is 2.09. The Morgan fingerprint density at radius 2 is 1.95 bits per heavy atom. The van der Waals surface area contributed by atoms with Crippen molar-refractivity contribution in [2.45, 2.75) is 38.7 Å². The molecule has 0 spiro atoms. The predicted molar refractivity (Wildman–Crippen MR) is 76.9 cm³/mol. The zero-order valence-electron chi connectivity index (χ0n) is 12.5. The van der Waals surface area contributed by atoms with Gasteiger partial charge in [0.15, 0.2) is 5.84 Å². The predicted octanol–water partition coefficient (Wildman–Crippen LogP) is 0.149. The number of piperidine rings is 1. The number of amides is 1. The summed E-state index contributed by atoms with van der Waals surface area (Å²) in [6.45, 7) is 3.88. The Morgan fingerprint density at radius 1 is 1.38 bits per heavy atom. The zero-order valence-corrected chi connectivity index (χ0v) is 12.5. The van der Waals surface area contributed by atoms with Gasteiger partial charge in [0.25, 0.3) is 0 Å². The highest BCUT2D eigenvalue weighted by Crippen LogP contribution is 2.34. The summed E-state index contributed by atoms with van der Waals surface area (Å²) in [6.07, 6.45) is 2.11. The number of hydrogen-bond acceptors (Lipinski definition) is 5. The van der Waals surface area contributed by atoms with Gasteiger partial charge in [-0.15, -0.1) is 0 Å². The largest absolute Gasteiger partial charge is 0.409 e. The highest BCUT2D eigenvalue weighted by Gasteiger charge is 2.47. The number of hydrogen-bond donors (Lipinski definition) is 3. The number of oxime groups is 1. The van der Waals surface area contributed by atoms with E-state index >= 15 is 0 Å². The van der Waals surface area contributed by atoms with E-state index in [1.54, 1.807) is 11.8 Å². The first-order valence-electron chi connectivity index (χ1n) is 7.54. The zero-order chi connectivity index (χ0) is 15.5. The molecule has 0 bridgehead atoms. The monoisotopic (exact) mass is 299 g/mol. The third-order valence-electron chi connectivity index (χ3n) is 4.86. The average Bonchev–Trinajstić information content (AvgIpc) is 2.54. The summed E-state index contributed by atoms with van der Waals surface area (Å²) in [5.41, 5.74) is 4.88. The number of carbonyl (C=O) groups is 1. The molecule has 1 atom stereocenters. The lowest BCUT2D eigenvalue weighted by Gasteiger charge is -2.41. The van der Waals surface area contributed by atoms with E-state index < -0.39 is 5.41 Å². The molecule has 0 saturated carbocycles. The number of nitrogens with zero attached hydrogens (tertiary/aromatic N) is 2. The van der Waals surface area contributed by atoms with E-state index in [9.17, 15) is 9.90 Å². The summed E-state index contributed by atoms with van der Waals surface area (Å²) in [6, 6.07) is 0. The van der Waals surface area contributed by atoms with E-state index in [-0.39, 0.29) is 23.8 Å². The molecule has 21 heavy (non-hydrogen) atoms. The maximum atomic E-state index is 12.9. The molecule has 2 heterocycles. The van der Waals surface area contributed by atoms with Gasteiger partial charge in [-0.1, -0.05) is 5.16 Å². The molecule has 7 heteroatoms. The number of aliphatic hydroxyl groups is 1. The van der Waals surface area contributed by atoms with Crippen LogP contribution in [0.3, 0.4) is 0 Å². The van der Waals surface area contributed by atoms with Crippen LogP contribution in [0.25, 0.3) is 0 Å². The van der Waals surface area contributed by atoms with E-state index in [0.29, 0.717) is 39.1 Å². The normalized spacial score (nSPS) is 25.6. The van der Waals surface area contributed by atoms with Crippen molar-refractivity contribution < 1.29 is 19.8 Å². The number of amidine groups is 1. The molecule has 2 fully saturated rings. The molecule has 2 rings (SSSR count). The Labute approximate surface area is 124 Å². The molecule has 1 amide bonds. The molecular weight excluding hydrogens is 274 g/mol. The molecule has 2 aliphatic rings. The lowest BCUT2D eigenvalue weighted by atomic mass is 9.77. The van der Waals surface area contributed by atoms with Crippen LogP contribution < -0.4 is 5.73 Å². The molecule has 0 aromatic carbocycles. The lowest BCUT2D eigenvalue weighted by molar-refractivity contribution is -0.144. The smallest absolute Gasteiger partial charge is 0.236 e. The summed E-state index contributed by atoms with van der Waals surface area (Å²) >= 11 is 0. The number of rotatable bonds is 3. The van der Waals surface area contributed by atoms with Crippen LogP contribution in [0, 0.1) is 11.3 Å². The van der Waals surface area contributed by atoms with E-state index in [1.165, 1.54) is 0 Å². The van der Waals surface area contributed by atoms with Gasteiger partial charge in [-0.05, 0) is 38.5 Å². The Kier molecular flexibility index (Phi) is 5.05. The number of carbonyl (C=O) groups excluding carboxylic acids is 1. The molecule has 2 saturated heterocycles. The molecule has 0 radical (unpaired) electrons. The van der Waals surface area contributed by atoms with E-state index in [1.807, 2.05) is 0 Å². The van der Waals surface area contributed by atoms with Crippen LogP contribution in [0.4, 0.5) is 0 Å². The van der Waals surface area contributed by atoms with Crippen LogP contribution in [0.15, 0.2) is 5.16 Å². The van der Waals surface area contributed by atoms with Gasteiger partial charge in [0.1, 0.15) is 5.41 Å². The van der Waals surface area contributed by atoms with Gasteiger partial charge in [0.2, 0.25) is 5.91 Å². The summed E-state index contributed by atoms with van der Waals surface area (Å²) in [5.74, 6) is 0.141. The van der Waals surface area contributed by atoms with Gasteiger partial charge in [-0.2, -0.15) is 0 Å². The maximum Gasteiger partial charge on any atom is 0.236 e. The fraction of sp³-hybridized carbons (Fsp3) is 0.857. The van der Waals surface area contributed by atoms with Crippen LogP contribution in [0.2, 0.25) is 0 Å². The minimum absolute atomic E-state index is 0.0200. The minimum atomic E-state index is -0.940. The van der Waals surface area contributed by atoms with E-state index in [2.05, 4.69) is 5.16 Å². The molecule has 0 aromatic heterocycles. The molecule has 0 aliphatic carbocycles. The number of ether oxygens (including phenoxy) is 1. The summed E-state index contributed by atoms with van der Waals surface area (Å²) < 4.78 is 5.31. The summed E-state index contributed by atoms with van der Waals surface area (Å²) in [7, 11) is 0. The maximum absolute atomic E-state index is 12.9. The molecule has 120 valence electrons. The van der Waals surface area contributed by atoms with Gasteiger partial charge in [-0.25, -0.2) is 0 Å². The number of likely N-dealkylation sites (tertiary alicyclic amines) is 1. The van der Waals surface area contributed by atoms with E-state index in [0.717, 1.165) is 12.8 Å². The van der Waals surface area contributed by atoms with Crippen LogP contribution >= 0.6 is 0 Å². The standard InChI is InChI=1S/C14H25N3O4/c1-10(18)11-2-6-17(7-3-11)13(19)14(12(15)16-20)4-8-21-9-5-14/h10-11,18,20H,2-9H2,1H3,(H2,15,16). The molecule has 1 unspecified atom stereocenters. The second-order valence-corrected chi connectivity index (χ2v) is 6.05. The highest BCUT2D eigenvalue weighted by atomic mass is 16.5. The Hall–Kier alpha value is -1.34. The second kappa shape index (κ2) is 6.62. The van der Waals surface area contributed by atoms with Gasteiger partial charge in [0.05, 0.1) is 6.10 Å². The second-order valence-electron chi connectivity index (χ2n) is 6.05. The first kappa shape index (κ1) is 16.0. The van der Waals surface area contributed by atoms with Gasteiger partial charge in [0, 0.05) is 26.3 Å². The van der Waals surface area contributed by atoms with Crippen molar-refractivity contribution in [3.8, 4) is 0 Å². The van der Waals surface area contributed by atoms with Gasteiger partial charge >= 0.3 is 0 Å². The molecule has 7 nitrogen and oxygen atoms in total. The van der Waals surface area contributed by atoms with E-state index in [4.69, 9.17) is 15.7 Å². The van der Waals surface area contributed by atoms with Crippen molar-refractivity contribution in [3.63, 3.8) is 0 Å². The van der Waals surface area contributed by atoms with Crippen LogP contribution in [-0.4, -0.2) is 59.4 Å². The fourth-order valence-electron chi connectivity index (χ4n) is 3.28. The van der Waals surface area contributed by atoms with Crippen molar-refractivity contribution in [1.29, 1.82) is 0 Å². The quantitative estimate of drug-likeness (QED) is 0.297. The van der Waals surface area contributed by atoms with Crippen molar-refractivity contribution >= 4 is 11.7 Å². The molecule has 0 aromatic rings. The van der Waals surface area contributed by atoms with Crippen molar-refractivity contribution in [2.24, 2.45) is 22.2 Å². The van der Waals surface area contributed by atoms with Gasteiger partial charge < -0.3 is 25.7 Å². The third kappa shape index (κ3) is 3.13. The van der Waals surface area contributed by atoms with Crippen LogP contribution in [0.5, 0.6) is 0 Å². The molecular formula is C14H25N3O4. The topological polar surface area (TPSA) is 108 Å². The SMILES string of the molecule is CC(O)C1CCN(C(=O)C2(C(N)=NO)CCOCC2)CC1. The highest BCUT2D eigenvalue weighted by molar-refractivity contribution is 6.06. The van der Waals surface area contributed by atoms with Crippen molar-refractivity contribution in [1.82, 2.24) is 4.90 Å². The first-order chi connectivity index (χ1) is 10.0. The Morgan fingerprint density at radius 3 is 2.43 bits per heavy atom. The lowest BCUT2D eigenvalue weighted by Crippen LogP contribution is -2.55. The number of aliphatic hydroxyl groups excluding tert-OH is 1. The summed E-state index contributed by atoms with van der Waals surface area (Å²) in [4.78, 5) is 14.7. The van der Waals surface area contributed by atoms with Crippen LogP contribution in [-0.2, 0) is 9.53 Å². The third-order valence-corrected chi connectivity index (χ3v) is 4.86. The fourth-order valence-corrected chi connectivity index (χ4v) is 3.28. The van der Waals surface area contributed by atoms with Crippen LogP contribution in [0.1, 0.15) is 32.6 Å². The Bertz CT molecular complexity index is 397. The number of nitrogens with two attached hydrogens (primary N) is 1. The van der Waals surface area contributed by atoms with Gasteiger partial charge in [-0.3, -0.25) is 4.79 Å². The molecule has 4 N–H and O–H groups in total.